The number of benzene rings is 10. The molecular formula is C74H64N2. The van der Waals surface area contributed by atoms with E-state index in [9.17, 15) is 0 Å². The molecule has 0 spiro atoms. The minimum atomic E-state index is 0.892. The molecule has 370 valence electrons. The molecule has 0 unspecified atom stereocenters. The Hall–Kier alpha value is -9.24. The van der Waals surface area contributed by atoms with Crippen LogP contribution in [0.2, 0.25) is 0 Å². The van der Waals surface area contributed by atoms with Gasteiger partial charge in [-0.1, -0.05) is 244 Å². The number of allylic oxidation sites excluding steroid dienone is 9. The highest BCUT2D eigenvalue weighted by Gasteiger charge is 2.29. The number of hydrogen-bond donors (Lipinski definition) is 0. The number of nitrogens with zero attached hydrogens (tertiary/aromatic N) is 2. The standard InChI is InChI=1S/C59H40N2.C8H12.C7H12/c1-3-14-40(15-4-1)42-26-32-47(33-27-42)60(48-34-28-43(29-35-48)41-16-5-2-6-17-41)49-36-30-45(31-37-49)53-39-55-52-23-11-12-24-57(52)61(56-25-13-20-44-18-7-9-21-50(44)56)59(55)58-51-22-10-8-19-46(51)38-54(53)58;1-4-5-6-7-8(2)3;1-3-5-7-6-4-2/h1-37,39H,38H2;4-7H,1H2,2-3H3;3,5-7H,4H2,1-2H3/b;6-5-;5-3-,7-6-. The summed E-state index contributed by atoms with van der Waals surface area (Å²) in [6.07, 6.45) is 17.9. The summed E-state index contributed by atoms with van der Waals surface area (Å²) >= 11 is 0. The first-order chi connectivity index (χ1) is 37.4. The maximum atomic E-state index is 3.54. The first kappa shape index (κ1) is 50.3. The lowest BCUT2D eigenvalue weighted by molar-refractivity contribution is 1.19. The Morgan fingerprint density at radius 1 is 0.500 bits per heavy atom. The number of rotatable bonds is 11. The van der Waals surface area contributed by atoms with Crippen LogP contribution in [0.15, 0.2) is 291 Å². The summed E-state index contributed by atoms with van der Waals surface area (Å²) in [5.74, 6) is 0. The van der Waals surface area contributed by atoms with Gasteiger partial charge in [-0.25, -0.2) is 0 Å². The van der Waals surface area contributed by atoms with E-state index in [2.05, 4.69) is 279 Å². The van der Waals surface area contributed by atoms with Crippen LogP contribution in [0.3, 0.4) is 0 Å². The van der Waals surface area contributed by atoms with E-state index < -0.39 is 0 Å². The second-order valence-electron chi connectivity index (χ2n) is 19.3. The van der Waals surface area contributed by atoms with E-state index in [-0.39, 0.29) is 0 Å². The molecule has 0 radical (unpaired) electrons. The SMILES string of the molecule is C/C=C\C=C/CC.C=C/C=C\C=C(C)C.c1ccc(-c2ccc(N(c3ccc(-c4ccccc4)cc3)c3ccc(-c4cc5c6ccccc6n(-c6cccc7ccccc67)c5c5c4Cc4ccccc4-5)cc3)cc2)cc1. The highest BCUT2D eigenvalue weighted by atomic mass is 15.1. The van der Waals surface area contributed by atoms with Gasteiger partial charge < -0.3 is 9.47 Å². The van der Waals surface area contributed by atoms with Gasteiger partial charge in [0.2, 0.25) is 0 Å². The maximum Gasteiger partial charge on any atom is 0.0623 e. The number of anilines is 3. The molecule has 0 aliphatic heterocycles. The molecule has 1 heterocycles. The largest absolute Gasteiger partial charge is 0.311 e. The fourth-order valence-electron chi connectivity index (χ4n) is 10.4. The van der Waals surface area contributed by atoms with E-state index in [4.69, 9.17) is 0 Å². The molecule has 0 amide bonds. The summed E-state index contributed by atoms with van der Waals surface area (Å²) in [5.41, 5.74) is 21.1. The van der Waals surface area contributed by atoms with E-state index in [0.717, 1.165) is 29.9 Å². The highest BCUT2D eigenvalue weighted by molar-refractivity contribution is 6.18. The van der Waals surface area contributed by atoms with E-state index in [1.807, 2.05) is 37.3 Å². The van der Waals surface area contributed by atoms with E-state index in [0.29, 0.717) is 0 Å². The predicted octanol–water partition coefficient (Wildman–Crippen LogP) is 21.2. The van der Waals surface area contributed by atoms with Gasteiger partial charge in [-0.05, 0) is 144 Å². The Balaban J connectivity index is 0.000000386. The summed E-state index contributed by atoms with van der Waals surface area (Å²) in [4.78, 5) is 2.37. The fourth-order valence-corrected chi connectivity index (χ4v) is 10.4. The van der Waals surface area contributed by atoms with Crippen molar-refractivity contribution in [1.29, 1.82) is 0 Å². The normalized spacial score (nSPS) is 11.6. The van der Waals surface area contributed by atoms with Crippen molar-refractivity contribution in [3.05, 3.63) is 302 Å². The smallest absolute Gasteiger partial charge is 0.0623 e. The molecule has 11 aromatic rings. The average Bonchev–Trinajstić information content (AvgIpc) is 4.24. The van der Waals surface area contributed by atoms with Crippen molar-refractivity contribution in [2.24, 2.45) is 0 Å². The van der Waals surface area contributed by atoms with Gasteiger partial charge in [-0.2, -0.15) is 0 Å². The molecule has 1 aromatic heterocycles. The molecule has 0 N–H and O–H groups in total. The van der Waals surface area contributed by atoms with Gasteiger partial charge in [0.15, 0.2) is 0 Å². The van der Waals surface area contributed by atoms with Crippen LogP contribution in [0.1, 0.15) is 45.2 Å². The van der Waals surface area contributed by atoms with Gasteiger partial charge in [-0.3, -0.25) is 0 Å². The van der Waals surface area contributed by atoms with Crippen LogP contribution in [-0.2, 0) is 6.42 Å². The molecule has 2 heteroatoms. The van der Waals surface area contributed by atoms with Crippen LogP contribution in [0.25, 0.3) is 82.8 Å². The molecule has 0 saturated carbocycles. The Morgan fingerprint density at radius 3 is 1.64 bits per heavy atom. The van der Waals surface area contributed by atoms with Crippen LogP contribution in [0.4, 0.5) is 17.1 Å². The molecule has 0 saturated heterocycles. The zero-order valence-electron chi connectivity index (χ0n) is 44.1. The Bertz CT molecular complexity index is 3790. The van der Waals surface area contributed by atoms with Crippen LogP contribution in [0, 0.1) is 0 Å². The van der Waals surface area contributed by atoms with Crippen molar-refractivity contribution in [2.45, 2.75) is 40.5 Å². The third-order valence-electron chi connectivity index (χ3n) is 14.0. The van der Waals surface area contributed by atoms with Gasteiger partial charge in [0, 0.05) is 38.8 Å². The lowest BCUT2D eigenvalue weighted by Gasteiger charge is -2.26. The van der Waals surface area contributed by atoms with E-state index in [1.54, 1.807) is 6.08 Å². The minimum Gasteiger partial charge on any atom is -0.311 e. The second kappa shape index (κ2) is 23.7. The fraction of sp³-hybridized carbons (Fsp3) is 0.0811. The first-order valence-electron chi connectivity index (χ1n) is 26.5. The summed E-state index contributed by atoms with van der Waals surface area (Å²) < 4.78 is 2.53. The molecule has 0 bridgehead atoms. The Kier molecular flexibility index (Phi) is 15.7. The number of fused-ring (bicyclic) bond motifs is 8. The van der Waals surface area contributed by atoms with Crippen molar-refractivity contribution in [2.75, 3.05) is 4.90 Å². The molecular weight excluding hydrogens is 917 g/mol. The molecule has 10 aromatic carbocycles. The van der Waals surface area contributed by atoms with Crippen molar-refractivity contribution in [3.8, 4) is 50.2 Å². The monoisotopic (exact) mass is 981 g/mol. The van der Waals surface area contributed by atoms with Gasteiger partial charge >= 0.3 is 0 Å². The minimum absolute atomic E-state index is 0.892. The average molecular weight is 981 g/mol. The van der Waals surface area contributed by atoms with E-state index >= 15 is 0 Å². The molecule has 1 aliphatic rings. The lowest BCUT2D eigenvalue weighted by atomic mass is 9.92. The highest BCUT2D eigenvalue weighted by Crippen LogP contribution is 2.50. The first-order valence-corrected chi connectivity index (χ1v) is 26.5. The van der Waals surface area contributed by atoms with E-state index in [1.165, 1.54) is 99.5 Å². The van der Waals surface area contributed by atoms with Crippen molar-refractivity contribution in [3.63, 3.8) is 0 Å². The maximum absolute atomic E-state index is 3.54. The van der Waals surface area contributed by atoms with Crippen molar-refractivity contribution in [1.82, 2.24) is 4.57 Å². The topological polar surface area (TPSA) is 8.17 Å². The third kappa shape index (κ3) is 10.7. The quantitative estimate of drug-likeness (QED) is 0.117. The van der Waals surface area contributed by atoms with Crippen LogP contribution < -0.4 is 4.90 Å². The van der Waals surface area contributed by atoms with Crippen LogP contribution in [-0.4, -0.2) is 4.57 Å². The summed E-state index contributed by atoms with van der Waals surface area (Å²) in [7, 11) is 0. The molecule has 1 aliphatic carbocycles. The Labute approximate surface area is 449 Å². The summed E-state index contributed by atoms with van der Waals surface area (Å²) in [6.45, 7) is 11.8. The molecule has 0 fully saturated rings. The van der Waals surface area contributed by atoms with Crippen molar-refractivity contribution < 1.29 is 0 Å². The zero-order valence-corrected chi connectivity index (χ0v) is 44.1. The number of hydrogen-bond acceptors (Lipinski definition) is 1. The zero-order chi connectivity index (χ0) is 52.2. The van der Waals surface area contributed by atoms with Gasteiger partial charge in [0.25, 0.3) is 0 Å². The molecule has 76 heavy (non-hydrogen) atoms. The van der Waals surface area contributed by atoms with Gasteiger partial charge in [0.1, 0.15) is 0 Å². The van der Waals surface area contributed by atoms with Crippen LogP contribution in [0.5, 0.6) is 0 Å². The van der Waals surface area contributed by atoms with Crippen LogP contribution >= 0.6 is 0 Å². The molecule has 0 atom stereocenters. The predicted molar refractivity (Wildman–Crippen MR) is 331 cm³/mol. The molecule has 2 nitrogen and oxygen atoms in total. The Morgan fingerprint density at radius 2 is 1.04 bits per heavy atom. The number of aromatic nitrogens is 1. The second-order valence-corrected chi connectivity index (χ2v) is 19.3. The van der Waals surface area contributed by atoms with Crippen molar-refractivity contribution >= 4 is 49.6 Å². The summed E-state index contributed by atoms with van der Waals surface area (Å²) in [5, 5.41) is 5.03. The third-order valence-corrected chi connectivity index (χ3v) is 14.0. The lowest BCUT2D eigenvalue weighted by Crippen LogP contribution is -2.09. The summed E-state index contributed by atoms with van der Waals surface area (Å²) in [6, 6.07) is 84.2. The molecule has 12 rings (SSSR count). The van der Waals surface area contributed by atoms with Gasteiger partial charge in [0.05, 0.1) is 16.7 Å². The number of para-hydroxylation sites is 1. The van der Waals surface area contributed by atoms with Gasteiger partial charge in [-0.15, -0.1) is 0 Å².